The molecule has 0 unspecified atom stereocenters. The number of rotatable bonds is 3. The highest BCUT2D eigenvalue weighted by Gasteiger charge is 2.43. The van der Waals surface area contributed by atoms with E-state index in [9.17, 15) is 35.9 Å². The molecule has 116 valence electrons. The van der Waals surface area contributed by atoms with Crippen LogP contribution in [0.5, 0.6) is 11.5 Å². The first-order valence-electron chi connectivity index (χ1n) is 4.89. The lowest BCUT2D eigenvalue weighted by atomic mass is 10.2. The van der Waals surface area contributed by atoms with E-state index >= 15 is 0 Å². The minimum Gasteiger partial charge on any atom is -0.415 e. The molecule has 0 saturated carbocycles. The molecule has 1 aromatic carbocycles. The first-order valence-corrected chi connectivity index (χ1v) is 4.89. The van der Waals surface area contributed by atoms with Gasteiger partial charge in [0.25, 0.3) is 5.91 Å². The number of halogens is 6. The van der Waals surface area contributed by atoms with Crippen LogP contribution in [0.25, 0.3) is 0 Å². The molecule has 0 saturated heterocycles. The second-order valence-electron chi connectivity index (χ2n) is 3.43. The molecule has 21 heavy (non-hydrogen) atoms. The first-order chi connectivity index (χ1) is 9.42. The van der Waals surface area contributed by atoms with E-state index in [1.54, 1.807) is 0 Å². The van der Waals surface area contributed by atoms with Crippen LogP contribution < -0.4 is 15.2 Å². The van der Waals surface area contributed by atoms with Crippen molar-refractivity contribution in [3.63, 3.8) is 0 Å². The molecule has 0 bridgehead atoms. The third kappa shape index (κ3) is 4.54. The summed E-state index contributed by atoms with van der Waals surface area (Å²) in [6, 6.07) is 2.18. The van der Waals surface area contributed by atoms with Crippen molar-refractivity contribution in [2.24, 2.45) is 5.73 Å². The minimum absolute atomic E-state index is 0.554. The maximum atomic E-state index is 12.1. The Morgan fingerprint density at radius 2 is 1.62 bits per heavy atom. The second kappa shape index (κ2) is 5.50. The van der Waals surface area contributed by atoms with Gasteiger partial charge in [0.05, 0.1) is 5.56 Å². The van der Waals surface area contributed by atoms with Gasteiger partial charge in [-0.2, -0.15) is 13.2 Å². The van der Waals surface area contributed by atoms with Crippen LogP contribution in [-0.4, -0.2) is 24.4 Å². The third-order valence-electron chi connectivity index (χ3n) is 1.90. The lowest BCUT2D eigenvalue weighted by Gasteiger charge is -2.15. The summed E-state index contributed by atoms with van der Waals surface area (Å²) in [6.45, 7) is 0. The molecular weight excluding hydrogens is 312 g/mol. The van der Waals surface area contributed by atoms with E-state index in [-0.39, 0.29) is 0 Å². The van der Waals surface area contributed by atoms with E-state index < -0.39 is 41.5 Å². The zero-order valence-electron chi connectivity index (χ0n) is 9.71. The standard InChI is InChI=1S/C10H5F6NO4/c11-9(12,13)8(19)20-6-4(7(17)18)2-1-3-5(6)21-10(14,15)16/h1-3H,(H2,17,18). The molecule has 11 heteroatoms. The van der Waals surface area contributed by atoms with Crippen LogP contribution in [-0.2, 0) is 4.79 Å². The van der Waals surface area contributed by atoms with Crippen LogP contribution in [0, 0.1) is 0 Å². The SMILES string of the molecule is NC(=O)c1cccc(OC(F)(F)F)c1OC(=O)C(F)(F)F. The highest BCUT2D eigenvalue weighted by Crippen LogP contribution is 2.36. The van der Waals surface area contributed by atoms with Gasteiger partial charge in [0, 0.05) is 0 Å². The van der Waals surface area contributed by atoms with Gasteiger partial charge in [-0.3, -0.25) is 4.79 Å². The molecule has 0 aromatic heterocycles. The molecule has 0 aliphatic carbocycles. The maximum Gasteiger partial charge on any atom is 0.573 e. The zero-order chi connectivity index (χ0) is 16.4. The van der Waals surface area contributed by atoms with E-state index in [4.69, 9.17) is 5.73 Å². The topological polar surface area (TPSA) is 78.6 Å². The van der Waals surface area contributed by atoms with Crippen molar-refractivity contribution in [2.75, 3.05) is 0 Å². The quantitative estimate of drug-likeness (QED) is 0.526. The van der Waals surface area contributed by atoms with E-state index in [1.165, 1.54) is 0 Å². The van der Waals surface area contributed by atoms with E-state index in [0.717, 1.165) is 12.1 Å². The Morgan fingerprint density at radius 3 is 2.05 bits per heavy atom. The molecule has 0 heterocycles. The number of benzene rings is 1. The number of hydrogen-bond acceptors (Lipinski definition) is 4. The number of carbonyl (C=O) groups excluding carboxylic acids is 2. The Bertz CT molecular complexity index is 566. The summed E-state index contributed by atoms with van der Waals surface area (Å²) in [5, 5.41) is 0. The van der Waals surface area contributed by atoms with E-state index in [0.29, 0.717) is 6.07 Å². The average Bonchev–Trinajstić information content (AvgIpc) is 2.27. The smallest absolute Gasteiger partial charge is 0.415 e. The first kappa shape index (κ1) is 16.6. The number of nitrogens with two attached hydrogens (primary N) is 1. The van der Waals surface area contributed by atoms with Crippen molar-refractivity contribution in [2.45, 2.75) is 12.5 Å². The molecule has 1 amide bonds. The number of ether oxygens (including phenoxy) is 2. The largest absolute Gasteiger partial charge is 0.573 e. The van der Waals surface area contributed by atoms with Crippen molar-refractivity contribution < 1.29 is 45.4 Å². The fraction of sp³-hybridized carbons (Fsp3) is 0.200. The van der Waals surface area contributed by atoms with E-state index in [1.807, 2.05) is 0 Å². The summed E-state index contributed by atoms with van der Waals surface area (Å²) in [4.78, 5) is 21.7. The molecule has 0 atom stereocenters. The number of amides is 1. The van der Waals surface area contributed by atoms with Gasteiger partial charge in [-0.25, -0.2) is 4.79 Å². The Kier molecular flexibility index (Phi) is 4.35. The van der Waals surface area contributed by atoms with Crippen molar-refractivity contribution in [3.8, 4) is 11.5 Å². The van der Waals surface area contributed by atoms with Crippen LogP contribution in [0.15, 0.2) is 18.2 Å². The van der Waals surface area contributed by atoms with Gasteiger partial charge < -0.3 is 15.2 Å². The third-order valence-corrected chi connectivity index (χ3v) is 1.90. The predicted octanol–water partition coefficient (Wildman–Crippen LogP) is 2.15. The minimum atomic E-state index is -5.49. The van der Waals surface area contributed by atoms with Crippen molar-refractivity contribution in [1.29, 1.82) is 0 Å². The maximum absolute atomic E-state index is 12.1. The summed E-state index contributed by atoms with van der Waals surface area (Å²) >= 11 is 0. The molecular formula is C10H5F6NO4. The molecule has 1 rings (SSSR count). The molecule has 0 radical (unpaired) electrons. The fourth-order valence-electron chi connectivity index (χ4n) is 1.17. The average molecular weight is 317 g/mol. The summed E-state index contributed by atoms with van der Waals surface area (Å²) in [7, 11) is 0. The Labute approximate surface area is 112 Å². The Morgan fingerprint density at radius 1 is 1.05 bits per heavy atom. The van der Waals surface area contributed by atoms with Gasteiger partial charge in [-0.15, -0.1) is 13.2 Å². The van der Waals surface area contributed by atoms with Crippen molar-refractivity contribution >= 4 is 11.9 Å². The Balaban J connectivity index is 3.30. The normalized spacial score (nSPS) is 11.9. The van der Waals surface area contributed by atoms with Gasteiger partial charge in [0.15, 0.2) is 11.5 Å². The van der Waals surface area contributed by atoms with Crippen LogP contribution in [0.1, 0.15) is 10.4 Å². The highest BCUT2D eigenvalue weighted by molar-refractivity contribution is 5.97. The number of primary amides is 1. The van der Waals surface area contributed by atoms with Gasteiger partial charge in [0.2, 0.25) is 0 Å². The summed E-state index contributed by atoms with van der Waals surface area (Å²) in [6.07, 6.45) is -10.8. The number of alkyl halides is 6. The molecule has 2 N–H and O–H groups in total. The van der Waals surface area contributed by atoms with Gasteiger partial charge in [-0.1, -0.05) is 6.07 Å². The van der Waals surface area contributed by atoms with Crippen molar-refractivity contribution in [1.82, 2.24) is 0 Å². The number of carbonyl (C=O) groups is 2. The van der Waals surface area contributed by atoms with Gasteiger partial charge >= 0.3 is 18.5 Å². The van der Waals surface area contributed by atoms with Crippen LogP contribution >= 0.6 is 0 Å². The highest BCUT2D eigenvalue weighted by atomic mass is 19.4. The summed E-state index contributed by atoms with van der Waals surface area (Å²) in [5.41, 5.74) is 3.90. The molecule has 0 aliphatic heterocycles. The molecule has 0 aliphatic rings. The molecule has 0 fully saturated rings. The molecule has 0 spiro atoms. The van der Waals surface area contributed by atoms with E-state index in [2.05, 4.69) is 9.47 Å². The predicted molar refractivity (Wildman–Crippen MR) is 53.3 cm³/mol. The van der Waals surface area contributed by atoms with Gasteiger partial charge in [0.1, 0.15) is 0 Å². The van der Waals surface area contributed by atoms with Gasteiger partial charge in [-0.05, 0) is 12.1 Å². The number of hydrogen-bond donors (Lipinski definition) is 1. The molecule has 5 nitrogen and oxygen atoms in total. The Hall–Kier alpha value is -2.46. The lowest BCUT2D eigenvalue weighted by molar-refractivity contribution is -0.275. The lowest BCUT2D eigenvalue weighted by Crippen LogP contribution is -2.29. The number of esters is 1. The summed E-state index contributed by atoms with van der Waals surface area (Å²) < 4.78 is 79.8. The van der Waals surface area contributed by atoms with Crippen LogP contribution in [0.4, 0.5) is 26.3 Å². The van der Waals surface area contributed by atoms with Crippen LogP contribution in [0.2, 0.25) is 0 Å². The monoisotopic (exact) mass is 317 g/mol. The van der Waals surface area contributed by atoms with Crippen LogP contribution in [0.3, 0.4) is 0 Å². The number of para-hydroxylation sites is 1. The molecule has 1 aromatic rings. The zero-order valence-corrected chi connectivity index (χ0v) is 9.71. The second-order valence-corrected chi connectivity index (χ2v) is 3.43. The van der Waals surface area contributed by atoms with Crippen molar-refractivity contribution in [3.05, 3.63) is 23.8 Å². The fourth-order valence-corrected chi connectivity index (χ4v) is 1.17. The summed E-state index contributed by atoms with van der Waals surface area (Å²) in [5.74, 6) is -6.92.